The van der Waals surface area contributed by atoms with E-state index in [2.05, 4.69) is 21.3 Å². The molecule has 0 fully saturated rings. The summed E-state index contributed by atoms with van der Waals surface area (Å²) < 4.78 is 0. The number of nitrogens with one attached hydrogen (secondary N) is 4. The quantitative estimate of drug-likeness (QED) is 0.241. The Morgan fingerprint density at radius 3 is 1.80 bits per heavy atom. The van der Waals surface area contributed by atoms with Crippen molar-refractivity contribution in [2.45, 2.75) is 26.7 Å². The molecule has 114 valence electrons. The molecule has 0 aromatic heterocycles. The zero-order valence-corrected chi connectivity index (χ0v) is 11.9. The van der Waals surface area contributed by atoms with Gasteiger partial charge in [0.15, 0.2) is 0 Å². The maximum Gasteiger partial charge on any atom is 0.309 e. The predicted octanol–water partition coefficient (Wildman–Crippen LogP) is -1.73. The first-order valence-electron chi connectivity index (χ1n) is 6.60. The zero-order chi connectivity index (χ0) is 15.4. The van der Waals surface area contributed by atoms with Gasteiger partial charge in [-0.25, -0.2) is 0 Å². The molecule has 0 rings (SSSR count). The van der Waals surface area contributed by atoms with Crippen molar-refractivity contribution in [2.24, 2.45) is 0 Å². The van der Waals surface area contributed by atoms with Crippen LogP contribution in [0, 0.1) is 0 Å². The normalized spacial score (nSPS) is 9.50. The van der Waals surface area contributed by atoms with E-state index in [9.17, 15) is 19.2 Å². The summed E-state index contributed by atoms with van der Waals surface area (Å²) in [6, 6.07) is 0. The van der Waals surface area contributed by atoms with E-state index in [1.807, 2.05) is 0 Å². The lowest BCUT2D eigenvalue weighted by atomic mass is 10.3. The first-order chi connectivity index (χ1) is 9.51. The van der Waals surface area contributed by atoms with E-state index in [-0.39, 0.29) is 24.8 Å². The first-order valence-corrected chi connectivity index (χ1v) is 6.60. The van der Waals surface area contributed by atoms with Crippen LogP contribution in [0.15, 0.2) is 0 Å². The van der Waals surface area contributed by atoms with Crippen LogP contribution in [0.2, 0.25) is 0 Å². The largest absolute Gasteiger partial charge is 0.356 e. The molecule has 0 spiro atoms. The molecular formula is C12H22N4O4. The summed E-state index contributed by atoms with van der Waals surface area (Å²) in [5.74, 6) is -2.06. The molecule has 4 N–H and O–H groups in total. The Labute approximate surface area is 118 Å². The molecule has 0 heterocycles. The minimum atomic E-state index is -0.694. The lowest BCUT2D eigenvalue weighted by Gasteiger charge is -2.06. The molecule has 0 saturated heterocycles. The van der Waals surface area contributed by atoms with Gasteiger partial charge in [0.05, 0.1) is 0 Å². The Bertz CT molecular complexity index is 357. The average Bonchev–Trinajstić information content (AvgIpc) is 2.38. The fourth-order valence-corrected chi connectivity index (χ4v) is 1.31. The molecule has 0 unspecified atom stereocenters. The lowest BCUT2D eigenvalue weighted by Crippen LogP contribution is -2.40. The van der Waals surface area contributed by atoms with Crippen LogP contribution in [-0.2, 0) is 19.2 Å². The van der Waals surface area contributed by atoms with E-state index in [4.69, 9.17) is 0 Å². The van der Waals surface area contributed by atoms with Gasteiger partial charge in [-0.05, 0) is 20.3 Å². The third kappa shape index (κ3) is 8.90. The number of amides is 4. The van der Waals surface area contributed by atoms with E-state index >= 15 is 0 Å². The van der Waals surface area contributed by atoms with E-state index in [1.165, 1.54) is 0 Å². The highest BCUT2D eigenvalue weighted by Gasteiger charge is 2.11. The molecule has 8 heteroatoms. The van der Waals surface area contributed by atoms with Crippen molar-refractivity contribution < 1.29 is 19.2 Å². The molecule has 0 radical (unpaired) electrons. The van der Waals surface area contributed by atoms with Crippen LogP contribution in [0.3, 0.4) is 0 Å². The summed E-state index contributed by atoms with van der Waals surface area (Å²) in [7, 11) is 0. The van der Waals surface area contributed by atoms with Crippen molar-refractivity contribution in [1.29, 1.82) is 0 Å². The summed E-state index contributed by atoms with van der Waals surface area (Å²) in [4.78, 5) is 44.6. The van der Waals surface area contributed by atoms with Crippen LogP contribution >= 0.6 is 0 Å². The second-order valence-corrected chi connectivity index (χ2v) is 3.95. The van der Waals surface area contributed by atoms with Crippen LogP contribution in [0.5, 0.6) is 0 Å². The second kappa shape index (κ2) is 10.8. The van der Waals surface area contributed by atoms with E-state index in [0.717, 1.165) is 0 Å². The topological polar surface area (TPSA) is 116 Å². The summed E-state index contributed by atoms with van der Waals surface area (Å²) >= 11 is 0. The Morgan fingerprint density at radius 1 is 0.700 bits per heavy atom. The minimum absolute atomic E-state index is 0.209. The van der Waals surface area contributed by atoms with Crippen molar-refractivity contribution >= 4 is 23.6 Å². The number of hydrogen-bond acceptors (Lipinski definition) is 4. The SMILES string of the molecule is CCNC(=O)CC(=O)NCCCNC(=O)C(=O)NCC. The van der Waals surface area contributed by atoms with Crippen LogP contribution in [-0.4, -0.2) is 49.8 Å². The van der Waals surface area contributed by atoms with E-state index in [0.29, 0.717) is 26.1 Å². The van der Waals surface area contributed by atoms with Crippen LogP contribution in [0.4, 0.5) is 0 Å². The summed E-state index contributed by atoms with van der Waals surface area (Å²) in [6.07, 6.45) is 0.269. The Morgan fingerprint density at radius 2 is 1.20 bits per heavy atom. The molecule has 8 nitrogen and oxygen atoms in total. The highest BCUT2D eigenvalue weighted by molar-refractivity contribution is 6.35. The average molecular weight is 286 g/mol. The standard InChI is InChI=1S/C12H22N4O4/c1-3-13-9(17)8-10(18)15-6-5-7-16-12(20)11(19)14-4-2/h3-8H2,1-2H3,(H,13,17)(H,14,19)(H,15,18)(H,16,20). The number of hydrogen-bond donors (Lipinski definition) is 4. The van der Waals surface area contributed by atoms with Gasteiger partial charge in [-0.3, -0.25) is 19.2 Å². The van der Waals surface area contributed by atoms with Gasteiger partial charge in [0.2, 0.25) is 11.8 Å². The van der Waals surface area contributed by atoms with Gasteiger partial charge >= 0.3 is 11.8 Å². The fraction of sp³-hybridized carbons (Fsp3) is 0.667. The summed E-state index contributed by atoms with van der Waals surface area (Å²) in [5.41, 5.74) is 0. The highest BCUT2D eigenvalue weighted by atomic mass is 16.2. The van der Waals surface area contributed by atoms with E-state index < -0.39 is 11.8 Å². The number of likely N-dealkylation sites (N-methyl/N-ethyl adjacent to an activating group) is 1. The molecule has 0 aliphatic heterocycles. The maximum absolute atomic E-state index is 11.3. The van der Waals surface area contributed by atoms with Crippen molar-refractivity contribution in [1.82, 2.24) is 21.3 Å². The monoisotopic (exact) mass is 286 g/mol. The van der Waals surface area contributed by atoms with Gasteiger partial charge in [0.25, 0.3) is 0 Å². The first kappa shape index (κ1) is 17.9. The molecular weight excluding hydrogens is 264 g/mol. The van der Waals surface area contributed by atoms with Gasteiger partial charge in [-0.15, -0.1) is 0 Å². The van der Waals surface area contributed by atoms with Gasteiger partial charge in [-0.2, -0.15) is 0 Å². The van der Waals surface area contributed by atoms with Crippen LogP contribution in [0.25, 0.3) is 0 Å². The number of carbonyl (C=O) groups is 4. The van der Waals surface area contributed by atoms with Crippen molar-refractivity contribution in [3.05, 3.63) is 0 Å². The molecule has 0 atom stereocenters. The van der Waals surface area contributed by atoms with Gasteiger partial charge < -0.3 is 21.3 Å². The van der Waals surface area contributed by atoms with Crippen molar-refractivity contribution in [2.75, 3.05) is 26.2 Å². The Kier molecular flexibility index (Phi) is 9.63. The second-order valence-electron chi connectivity index (χ2n) is 3.95. The number of rotatable bonds is 8. The number of carbonyl (C=O) groups excluding carboxylic acids is 4. The van der Waals surface area contributed by atoms with Crippen LogP contribution < -0.4 is 21.3 Å². The predicted molar refractivity (Wildman–Crippen MR) is 72.6 cm³/mol. The third-order valence-electron chi connectivity index (χ3n) is 2.20. The highest BCUT2D eigenvalue weighted by Crippen LogP contribution is 1.82. The Hall–Kier alpha value is -2.12. The Balaban J connectivity index is 3.61. The molecule has 0 aliphatic rings. The molecule has 0 saturated carbocycles. The van der Waals surface area contributed by atoms with Crippen molar-refractivity contribution in [3.8, 4) is 0 Å². The van der Waals surface area contributed by atoms with Crippen LogP contribution in [0.1, 0.15) is 26.7 Å². The van der Waals surface area contributed by atoms with Gasteiger partial charge in [0.1, 0.15) is 6.42 Å². The molecule has 0 aromatic rings. The van der Waals surface area contributed by atoms with Crippen molar-refractivity contribution in [3.63, 3.8) is 0 Å². The summed E-state index contributed by atoms with van der Waals surface area (Å²) in [6.45, 7) is 4.97. The molecule has 0 aromatic carbocycles. The van der Waals surface area contributed by atoms with E-state index in [1.54, 1.807) is 13.8 Å². The molecule has 0 aliphatic carbocycles. The molecule has 4 amide bonds. The minimum Gasteiger partial charge on any atom is -0.356 e. The molecule has 0 bridgehead atoms. The molecule has 20 heavy (non-hydrogen) atoms. The lowest BCUT2D eigenvalue weighted by molar-refractivity contribution is -0.139. The van der Waals surface area contributed by atoms with Gasteiger partial charge in [0, 0.05) is 26.2 Å². The zero-order valence-electron chi connectivity index (χ0n) is 11.9. The third-order valence-corrected chi connectivity index (χ3v) is 2.20. The fourth-order valence-electron chi connectivity index (χ4n) is 1.31. The summed E-state index contributed by atoms with van der Waals surface area (Å²) in [5, 5.41) is 9.86. The maximum atomic E-state index is 11.3. The van der Waals surface area contributed by atoms with Gasteiger partial charge in [-0.1, -0.05) is 0 Å². The smallest absolute Gasteiger partial charge is 0.309 e.